The molecule has 1 atom stereocenters. The van der Waals surface area contributed by atoms with Crippen LogP contribution in [0.2, 0.25) is 0 Å². The lowest BCUT2D eigenvalue weighted by atomic mass is 10.1. The molecule has 1 aliphatic rings. The first-order valence-electron chi connectivity index (χ1n) is 10.2. The van der Waals surface area contributed by atoms with E-state index in [9.17, 15) is 4.79 Å². The number of rotatable bonds is 8. The topological polar surface area (TPSA) is 95.7 Å². The van der Waals surface area contributed by atoms with Crippen LogP contribution in [0.15, 0.2) is 47.0 Å². The first-order chi connectivity index (χ1) is 15.1. The number of aromatic nitrogens is 2. The summed E-state index contributed by atoms with van der Waals surface area (Å²) in [5.74, 6) is 1.61. The van der Waals surface area contributed by atoms with Gasteiger partial charge in [-0.3, -0.25) is 4.79 Å². The number of benzene rings is 2. The third-order valence-electron chi connectivity index (χ3n) is 5.06. The lowest BCUT2D eigenvalue weighted by Gasteiger charge is -2.13. The SMILES string of the molecule is COc1cc(-c2noc(-c3ccc(C)cc3)n2)ccc1OCC(=O)NC[C@H]1CCCO1. The van der Waals surface area contributed by atoms with Gasteiger partial charge in [-0.2, -0.15) is 4.98 Å². The molecule has 0 radical (unpaired) electrons. The summed E-state index contributed by atoms with van der Waals surface area (Å²) in [6.07, 6.45) is 2.10. The summed E-state index contributed by atoms with van der Waals surface area (Å²) in [5.41, 5.74) is 2.73. The van der Waals surface area contributed by atoms with E-state index in [0.717, 1.165) is 30.6 Å². The maximum atomic E-state index is 12.1. The monoisotopic (exact) mass is 423 g/mol. The Morgan fingerprint density at radius 2 is 1.97 bits per heavy atom. The van der Waals surface area contributed by atoms with Gasteiger partial charge < -0.3 is 24.1 Å². The average molecular weight is 423 g/mol. The normalized spacial score (nSPS) is 15.6. The molecule has 8 heteroatoms. The predicted octanol–water partition coefficient (Wildman–Crippen LogP) is 3.39. The van der Waals surface area contributed by atoms with Crippen molar-refractivity contribution in [1.82, 2.24) is 15.5 Å². The summed E-state index contributed by atoms with van der Waals surface area (Å²) in [4.78, 5) is 16.5. The Kier molecular flexibility index (Phi) is 6.47. The lowest BCUT2D eigenvalue weighted by Crippen LogP contribution is -2.35. The van der Waals surface area contributed by atoms with E-state index in [2.05, 4.69) is 15.5 Å². The first-order valence-corrected chi connectivity index (χ1v) is 10.2. The van der Waals surface area contributed by atoms with Crippen LogP contribution in [0.4, 0.5) is 0 Å². The van der Waals surface area contributed by atoms with Crippen LogP contribution in [0.25, 0.3) is 22.8 Å². The smallest absolute Gasteiger partial charge is 0.258 e. The minimum Gasteiger partial charge on any atom is -0.493 e. The Bertz CT molecular complexity index is 1030. The highest BCUT2D eigenvalue weighted by Crippen LogP contribution is 2.32. The summed E-state index contributed by atoms with van der Waals surface area (Å²) >= 11 is 0. The predicted molar refractivity (Wildman–Crippen MR) is 114 cm³/mol. The molecule has 1 aliphatic heterocycles. The number of nitrogens with zero attached hydrogens (tertiary/aromatic N) is 2. The van der Waals surface area contributed by atoms with Gasteiger partial charge in [0.25, 0.3) is 11.8 Å². The Balaban J connectivity index is 1.39. The molecule has 3 aromatic rings. The van der Waals surface area contributed by atoms with Crippen molar-refractivity contribution in [2.75, 3.05) is 26.9 Å². The zero-order chi connectivity index (χ0) is 21.6. The van der Waals surface area contributed by atoms with Crippen molar-refractivity contribution in [3.05, 3.63) is 48.0 Å². The molecule has 0 unspecified atom stereocenters. The van der Waals surface area contributed by atoms with Crippen LogP contribution in [0.3, 0.4) is 0 Å². The fourth-order valence-corrected chi connectivity index (χ4v) is 3.31. The number of methoxy groups -OCH3 is 1. The second-order valence-corrected chi connectivity index (χ2v) is 7.38. The number of carbonyl (C=O) groups is 1. The first kappa shape index (κ1) is 20.9. The van der Waals surface area contributed by atoms with Gasteiger partial charge in [0.15, 0.2) is 18.1 Å². The van der Waals surface area contributed by atoms with Crippen LogP contribution < -0.4 is 14.8 Å². The van der Waals surface area contributed by atoms with Crippen LogP contribution in [-0.4, -0.2) is 49.0 Å². The number of aryl methyl sites for hydroxylation is 1. The van der Waals surface area contributed by atoms with Gasteiger partial charge >= 0.3 is 0 Å². The number of hydrogen-bond acceptors (Lipinski definition) is 7. The van der Waals surface area contributed by atoms with Crippen molar-refractivity contribution in [2.45, 2.75) is 25.9 Å². The second-order valence-electron chi connectivity index (χ2n) is 7.38. The molecule has 2 aromatic carbocycles. The van der Waals surface area contributed by atoms with Crippen LogP contribution in [0, 0.1) is 6.92 Å². The Morgan fingerprint density at radius 3 is 2.71 bits per heavy atom. The van der Waals surface area contributed by atoms with Crippen LogP contribution in [-0.2, 0) is 9.53 Å². The van der Waals surface area contributed by atoms with E-state index in [1.807, 2.05) is 31.2 Å². The van der Waals surface area contributed by atoms with E-state index < -0.39 is 0 Å². The van der Waals surface area contributed by atoms with Gasteiger partial charge in [-0.15, -0.1) is 0 Å². The highest BCUT2D eigenvalue weighted by Gasteiger charge is 2.17. The average Bonchev–Trinajstić information content (AvgIpc) is 3.49. The summed E-state index contributed by atoms with van der Waals surface area (Å²) in [6, 6.07) is 13.1. The van der Waals surface area contributed by atoms with Crippen molar-refractivity contribution >= 4 is 5.91 Å². The zero-order valence-corrected chi connectivity index (χ0v) is 17.6. The molecule has 162 valence electrons. The van der Waals surface area contributed by atoms with Crippen molar-refractivity contribution in [3.63, 3.8) is 0 Å². The van der Waals surface area contributed by atoms with E-state index in [1.54, 1.807) is 18.2 Å². The highest BCUT2D eigenvalue weighted by molar-refractivity contribution is 5.77. The highest BCUT2D eigenvalue weighted by atomic mass is 16.5. The van der Waals surface area contributed by atoms with E-state index in [-0.39, 0.29) is 18.6 Å². The van der Waals surface area contributed by atoms with Gasteiger partial charge in [-0.05, 0) is 50.1 Å². The molecule has 1 N–H and O–H groups in total. The minimum atomic E-state index is -0.206. The number of amides is 1. The quantitative estimate of drug-likeness (QED) is 0.593. The van der Waals surface area contributed by atoms with Gasteiger partial charge in [0.05, 0.1) is 13.2 Å². The fraction of sp³-hybridized carbons (Fsp3) is 0.348. The van der Waals surface area contributed by atoms with Crippen LogP contribution in [0.1, 0.15) is 18.4 Å². The number of ether oxygens (including phenoxy) is 3. The fourth-order valence-electron chi connectivity index (χ4n) is 3.31. The van der Waals surface area contributed by atoms with E-state index in [1.165, 1.54) is 7.11 Å². The van der Waals surface area contributed by atoms with Crippen LogP contribution in [0.5, 0.6) is 11.5 Å². The summed E-state index contributed by atoms with van der Waals surface area (Å²) in [7, 11) is 1.54. The van der Waals surface area contributed by atoms with Gasteiger partial charge in [-0.25, -0.2) is 0 Å². The van der Waals surface area contributed by atoms with Crippen molar-refractivity contribution in [3.8, 4) is 34.3 Å². The molecule has 1 saturated heterocycles. The van der Waals surface area contributed by atoms with E-state index in [0.29, 0.717) is 35.3 Å². The lowest BCUT2D eigenvalue weighted by molar-refractivity contribution is -0.123. The van der Waals surface area contributed by atoms with Crippen molar-refractivity contribution in [2.24, 2.45) is 0 Å². The molecule has 4 rings (SSSR count). The molecular weight excluding hydrogens is 398 g/mol. The molecular formula is C23H25N3O5. The number of carbonyl (C=O) groups excluding carboxylic acids is 1. The maximum Gasteiger partial charge on any atom is 0.258 e. The molecule has 8 nitrogen and oxygen atoms in total. The zero-order valence-electron chi connectivity index (χ0n) is 17.6. The van der Waals surface area contributed by atoms with Gasteiger partial charge in [0.1, 0.15) is 0 Å². The van der Waals surface area contributed by atoms with Crippen molar-refractivity contribution < 1.29 is 23.5 Å². The maximum absolute atomic E-state index is 12.1. The molecule has 0 saturated carbocycles. The summed E-state index contributed by atoms with van der Waals surface area (Å²) in [6.45, 7) is 3.17. The second kappa shape index (κ2) is 9.61. The molecule has 1 amide bonds. The van der Waals surface area contributed by atoms with Gasteiger partial charge in [0.2, 0.25) is 5.82 Å². The summed E-state index contributed by atoms with van der Waals surface area (Å²) in [5, 5.41) is 6.90. The largest absolute Gasteiger partial charge is 0.493 e. The standard InChI is InChI=1S/C23H25N3O5/c1-15-5-7-16(8-6-15)23-25-22(26-31-23)17-9-10-19(20(12-17)28-2)30-14-21(27)24-13-18-4-3-11-29-18/h5-10,12,18H,3-4,11,13-14H2,1-2H3,(H,24,27)/t18-/m1/s1. The molecule has 0 aliphatic carbocycles. The third-order valence-corrected chi connectivity index (χ3v) is 5.06. The summed E-state index contributed by atoms with van der Waals surface area (Å²) < 4.78 is 22.0. The Morgan fingerprint density at radius 1 is 1.16 bits per heavy atom. The van der Waals surface area contributed by atoms with Crippen molar-refractivity contribution in [1.29, 1.82) is 0 Å². The molecule has 1 fully saturated rings. The molecule has 1 aromatic heterocycles. The third kappa shape index (κ3) is 5.21. The Labute approximate surface area is 180 Å². The Hall–Kier alpha value is -3.39. The molecule has 2 heterocycles. The molecule has 0 bridgehead atoms. The molecule has 31 heavy (non-hydrogen) atoms. The number of hydrogen-bond donors (Lipinski definition) is 1. The minimum absolute atomic E-state index is 0.0949. The van der Waals surface area contributed by atoms with E-state index in [4.69, 9.17) is 18.7 Å². The van der Waals surface area contributed by atoms with Gasteiger partial charge in [-0.1, -0.05) is 22.9 Å². The molecule has 0 spiro atoms. The number of nitrogens with one attached hydrogen (secondary N) is 1. The van der Waals surface area contributed by atoms with Gasteiger partial charge in [0, 0.05) is 24.3 Å². The van der Waals surface area contributed by atoms with E-state index >= 15 is 0 Å². The van der Waals surface area contributed by atoms with Crippen LogP contribution >= 0.6 is 0 Å².